The van der Waals surface area contributed by atoms with Crippen LogP contribution in [-0.4, -0.2) is 10.8 Å². The molecule has 1 aromatic heterocycles. The number of Topliss-reactive ketones (excluding diaryl/α,β-unsaturated/α-hetero) is 1. The number of nitrogens with one attached hydrogen (secondary N) is 1. The van der Waals surface area contributed by atoms with Crippen LogP contribution in [0.3, 0.4) is 0 Å². The van der Waals surface area contributed by atoms with Crippen LogP contribution in [0, 0.1) is 0 Å². The van der Waals surface area contributed by atoms with Crippen molar-refractivity contribution in [3.63, 3.8) is 0 Å². The van der Waals surface area contributed by atoms with Crippen molar-refractivity contribution in [2.45, 2.75) is 20.3 Å². The minimum atomic E-state index is 0.0354. The van der Waals surface area contributed by atoms with Crippen LogP contribution in [0.1, 0.15) is 20.3 Å². The SMILES string of the molecule is C=C/C(C(C)=O)=c1/[nH]cc/c1=C/CC. The number of carbonyl (C=O) groups is 1. The minimum absolute atomic E-state index is 0.0354. The van der Waals surface area contributed by atoms with E-state index < -0.39 is 0 Å². The van der Waals surface area contributed by atoms with Crippen LogP contribution in [-0.2, 0) is 4.79 Å². The summed E-state index contributed by atoms with van der Waals surface area (Å²) in [6.45, 7) is 7.26. The third-order valence-electron chi connectivity index (χ3n) is 2.06. The van der Waals surface area contributed by atoms with Crippen LogP contribution in [0.15, 0.2) is 24.9 Å². The van der Waals surface area contributed by atoms with Crippen molar-refractivity contribution in [3.8, 4) is 0 Å². The molecule has 0 aromatic carbocycles. The van der Waals surface area contributed by atoms with E-state index in [1.807, 2.05) is 12.3 Å². The molecule has 14 heavy (non-hydrogen) atoms. The van der Waals surface area contributed by atoms with Crippen LogP contribution < -0.4 is 10.6 Å². The molecule has 0 aliphatic rings. The zero-order chi connectivity index (χ0) is 10.6. The van der Waals surface area contributed by atoms with Crippen LogP contribution >= 0.6 is 0 Å². The zero-order valence-corrected chi connectivity index (χ0v) is 8.63. The van der Waals surface area contributed by atoms with E-state index in [0.29, 0.717) is 5.57 Å². The van der Waals surface area contributed by atoms with Crippen molar-refractivity contribution in [2.75, 3.05) is 0 Å². The number of hydrogen-bond acceptors (Lipinski definition) is 1. The van der Waals surface area contributed by atoms with Crippen molar-refractivity contribution >= 4 is 17.4 Å². The Hall–Kier alpha value is -1.57. The molecule has 0 saturated heterocycles. The fourth-order valence-corrected chi connectivity index (χ4v) is 1.43. The number of allylic oxidation sites excluding steroid dienone is 1. The van der Waals surface area contributed by atoms with Gasteiger partial charge in [0.1, 0.15) is 0 Å². The molecule has 2 nitrogen and oxygen atoms in total. The third kappa shape index (κ3) is 2.02. The number of rotatable bonds is 3. The number of ketones is 1. The zero-order valence-electron chi connectivity index (χ0n) is 8.63. The molecule has 0 fully saturated rings. The van der Waals surface area contributed by atoms with Crippen molar-refractivity contribution < 1.29 is 4.79 Å². The van der Waals surface area contributed by atoms with E-state index in [1.54, 1.807) is 13.0 Å². The number of hydrogen-bond donors (Lipinski definition) is 1. The molecule has 0 saturated carbocycles. The van der Waals surface area contributed by atoms with E-state index in [1.165, 1.54) is 0 Å². The molecule has 2 heteroatoms. The van der Waals surface area contributed by atoms with E-state index in [9.17, 15) is 4.79 Å². The van der Waals surface area contributed by atoms with Gasteiger partial charge in [-0.2, -0.15) is 0 Å². The lowest BCUT2D eigenvalue weighted by molar-refractivity contribution is -0.111. The molecule has 1 aromatic rings. The Morgan fingerprint density at radius 1 is 1.64 bits per heavy atom. The lowest BCUT2D eigenvalue weighted by Gasteiger charge is -1.92. The van der Waals surface area contributed by atoms with Crippen molar-refractivity contribution in [1.29, 1.82) is 0 Å². The Bertz CT molecular complexity index is 451. The molecule has 0 aliphatic carbocycles. The summed E-state index contributed by atoms with van der Waals surface area (Å²) in [5, 5.41) is 1.94. The molecular weight excluding hydrogens is 174 g/mol. The average molecular weight is 189 g/mol. The molecule has 74 valence electrons. The van der Waals surface area contributed by atoms with Crippen LogP contribution in [0.4, 0.5) is 0 Å². The van der Waals surface area contributed by atoms with Crippen LogP contribution in [0.2, 0.25) is 0 Å². The molecule has 1 N–H and O–H groups in total. The van der Waals surface area contributed by atoms with Gasteiger partial charge in [0.05, 0.1) is 5.35 Å². The number of H-pyrrole nitrogens is 1. The monoisotopic (exact) mass is 189 g/mol. The fourth-order valence-electron chi connectivity index (χ4n) is 1.43. The fraction of sp³-hybridized carbons (Fsp3) is 0.250. The van der Waals surface area contributed by atoms with Gasteiger partial charge in [0.2, 0.25) is 0 Å². The smallest absolute Gasteiger partial charge is 0.161 e. The average Bonchev–Trinajstić information content (AvgIpc) is 2.55. The van der Waals surface area contributed by atoms with Gasteiger partial charge in [0.15, 0.2) is 5.78 Å². The second-order valence-electron chi connectivity index (χ2n) is 3.09. The summed E-state index contributed by atoms with van der Waals surface area (Å²) < 4.78 is 0. The molecule has 1 rings (SSSR count). The van der Waals surface area contributed by atoms with E-state index in [2.05, 4.69) is 24.6 Å². The summed E-state index contributed by atoms with van der Waals surface area (Å²) in [7, 11) is 0. The molecule has 0 radical (unpaired) electrons. The summed E-state index contributed by atoms with van der Waals surface area (Å²) in [5.41, 5.74) is 0.648. The highest BCUT2D eigenvalue weighted by atomic mass is 16.1. The van der Waals surface area contributed by atoms with Gasteiger partial charge in [0.25, 0.3) is 0 Å². The van der Waals surface area contributed by atoms with Gasteiger partial charge < -0.3 is 4.98 Å². The molecule has 0 atom stereocenters. The maximum atomic E-state index is 11.3. The first-order chi connectivity index (χ1) is 6.70. The molecule has 0 unspecified atom stereocenters. The first-order valence-electron chi connectivity index (χ1n) is 4.72. The highest BCUT2D eigenvalue weighted by Gasteiger charge is 2.00. The van der Waals surface area contributed by atoms with Crippen LogP contribution in [0.25, 0.3) is 11.6 Å². The lowest BCUT2D eigenvalue weighted by Crippen LogP contribution is -2.26. The van der Waals surface area contributed by atoms with Crippen molar-refractivity contribution in [1.82, 2.24) is 4.98 Å². The summed E-state index contributed by atoms with van der Waals surface area (Å²) in [4.78, 5) is 14.4. The van der Waals surface area contributed by atoms with Crippen molar-refractivity contribution in [3.05, 3.63) is 35.5 Å². The topological polar surface area (TPSA) is 32.9 Å². The number of aromatic amines is 1. The first kappa shape index (κ1) is 10.5. The van der Waals surface area contributed by atoms with E-state index in [4.69, 9.17) is 0 Å². The van der Waals surface area contributed by atoms with Gasteiger partial charge in [-0.25, -0.2) is 0 Å². The third-order valence-corrected chi connectivity index (χ3v) is 2.06. The molecular formula is C12H15NO. The first-order valence-corrected chi connectivity index (χ1v) is 4.72. The number of aromatic nitrogens is 1. The molecule has 1 heterocycles. The Labute approximate surface area is 83.7 Å². The lowest BCUT2D eigenvalue weighted by atomic mass is 10.1. The Kier molecular flexibility index (Phi) is 3.46. The summed E-state index contributed by atoms with van der Waals surface area (Å²) in [5.74, 6) is 0.0354. The quantitative estimate of drug-likeness (QED) is 0.759. The van der Waals surface area contributed by atoms with Gasteiger partial charge in [-0.15, -0.1) is 0 Å². The maximum Gasteiger partial charge on any atom is 0.161 e. The summed E-state index contributed by atoms with van der Waals surface area (Å²) in [6, 6.07) is 1.96. The normalized spacial score (nSPS) is 14.0. The molecule has 0 spiro atoms. The second kappa shape index (κ2) is 4.61. The maximum absolute atomic E-state index is 11.3. The Morgan fingerprint density at radius 3 is 2.86 bits per heavy atom. The van der Waals surface area contributed by atoms with Gasteiger partial charge in [0, 0.05) is 11.8 Å². The van der Waals surface area contributed by atoms with Gasteiger partial charge in [-0.3, -0.25) is 4.79 Å². The van der Waals surface area contributed by atoms with E-state index in [0.717, 1.165) is 17.0 Å². The van der Waals surface area contributed by atoms with Gasteiger partial charge in [-0.1, -0.05) is 25.7 Å². The minimum Gasteiger partial charge on any atom is -0.361 e. The largest absolute Gasteiger partial charge is 0.361 e. The van der Waals surface area contributed by atoms with Crippen molar-refractivity contribution in [2.24, 2.45) is 0 Å². The molecule has 0 aliphatic heterocycles. The van der Waals surface area contributed by atoms with E-state index >= 15 is 0 Å². The predicted octanol–water partition coefficient (Wildman–Crippen LogP) is 1.13. The highest BCUT2D eigenvalue weighted by molar-refractivity contribution is 6.16. The number of carbonyl (C=O) groups excluding carboxylic acids is 1. The summed E-state index contributed by atoms with van der Waals surface area (Å²) >= 11 is 0. The molecule has 0 bridgehead atoms. The van der Waals surface area contributed by atoms with Gasteiger partial charge in [-0.05, 0) is 24.6 Å². The Balaban J connectivity index is 3.56. The predicted molar refractivity (Wildman–Crippen MR) is 59.1 cm³/mol. The summed E-state index contributed by atoms with van der Waals surface area (Å²) in [6.07, 6.45) is 6.47. The van der Waals surface area contributed by atoms with Crippen LogP contribution in [0.5, 0.6) is 0 Å². The highest BCUT2D eigenvalue weighted by Crippen LogP contribution is 1.93. The van der Waals surface area contributed by atoms with Gasteiger partial charge >= 0.3 is 0 Å². The molecule has 0 amide bonds. The second-order valence-corrected chi connectivity index (χ2v) is 3.09. The standard InChI is InChI=1S/C12H15NO/c1-4-6-10-7-8-13-12(10)11(5-2)9(3)14/h5-8,13H,2,4H2,1,3H3/b10-6-,12-11-. The Morgan fingerprint density at radius 2 is 2.36 bits per heavy atom. The van der Waals surface area contributed by atoms with E-state index in [-0.39, 0.29) is 5.78 Å².